The van der Waals surface area contributed by atoms with Crippen LogP contribution in [0.3, 0.4) is 0 Å². The lowest BCUT2D eigenvalue weighted by atomic mass is 9.96. The van der Waals surface area contributed by atoms with Crippen molar-refractivity contribution in [1.29, 1.82) is 0 Å². The highest BCUT2D eigenvalue weighted by molar-refractivity contribution is 5.94. The van der Waals surface area contributed by atoms with Gasteiger partial charge in [-0.1, -0.05) is 0 Å². The maximum atomic E-state index is 12.5. The lowest BCUT2D eigenvalue weighted by Crippen LogP contribution is -2.47. The number of amides is 1. The number of fused-ring (bicyclic) bond motifs is 1. The Morgan fingerprint density at radius 1 is 1.28 bits per heavy atom. The van der Waals surface area contributed by atoms with Gasteiger partial charge in [0, 0.05) is 11.8 Å². The Kier molecular flexibility index (Phi) is 5.43. The fourth-order valence-corrected chi connectivity index (χ4v) is 3.17. The molecular weight excluding hydrogens is 324 g/mol. The molecule has 0 aliphatic carbocycles. The second kappa shape index (κ2) is 7.74. The average molecular weight is 348 g/mol. The quantitative estimate of drug-likeness (QED) is 0.821. The van der Waals surface area contributed by atoms with Gasteiger partial charge in [-0.15, -0.1) is 0 Å². The van der Waals surface area contributed by atoms with Gasteiger partial charge < -0.3 is 19.5 Å². The summed E-state index contributed by atoms with van der Waals surface area (Å²) in [6, 6.07) is 5.08. The Labute approximate surface area is 147 Å². The summed E-state index contributed by atoms with van der Waals surface area (Å²) in [7, 11) is 0. The number of nitrogens with one attached hydrogen (secondary N) is 1. The molecule has 3 rings (SSSR count). The third kappa shape index (κ3) is 4.04. The smallest absolute Gasteiger partial charge is 0.309 e. The normalized spacial score (nSPS) is 18.6. The molecule has 136 valence electrons. The topological polar surface area (TPSA) is 77.1 Å². The number of carbonyl (C=O) groups is 2. The number of anilines is 1. The summed E-state index contributed by atoms with van der Waals surface area (Å²) in [5.41, 5.74) is 0.683. The van der Waals surface area contributed by atoms with E-state index >= 15 is 0 Å². The van der Waals surface area contributed by atoms with E-state index in [4.69, 9.17) is 14.2 Å². The Balaban J connectivity index is 1.52. The van der Waals surface area contributed by atoms with Crippen LogP contribution in [0.4, 0.5) is 5.69 Å². The van der Waals surface area contributed by atoms with Gasteiger partial charge in [-0.3, -0.25) is 14.5 Å². The number of hydrogen-bond donors (Lipinski definition) is 1. The van der Waals surface area contributed by atoms with E-state index in [2.05, 4.69) is 10.2 Å². The number of benzene rings is 1. The van der Waals surface area contributed by atoms with Crippen LogP contribution in [-0.2, 0) is 14.3 Å². The first-order chi connectivity index (χ1) is 12.1. The first kappa shape index (κ1) is 17.5. The molecule has 1 N–H and O–H groups in total. The summed E-state index contributed by atoms with van der Waals surface area (Å²) in [5, 5.41) is 2.92. The minimum atomic E-state index is -0.270. The number of hydrogen-bond acceptors (Lipinski definition) is 6. The molecule has 0 saturated carbocycles. The van der Waals surface area contributed by atoms with Gasteiger partial charge in [0.05, 0.1) is 18.6 Å². The Bertz CT molecular complexity index is 640. The highest BCUT2D eigenvalue weighted by Crippen LogP contribution is 2.34. The van der Waals surface area contributed by atoms with E-state index in [1.807, 2.05) is 13.8 Å². The Hall–Kier alpha value is -2.28. The highest BCUT2D eigenvalue weighted by atomic mass is 16.7. The van der Waals surface area contributed by atoms with Gasteiger partial charge in [0.25, 0.3) is 0 Å². The second-order valence-corrected chi connectivity index (χ2v) is 6.30. The van der Waals surface area contributed by atoms with Crippen molar-refractivity contribution in [3.8, 4) is 11.5 Å². The molecule has 1 atom stereocenters. The van der Waals surface area contributed by atoms with E-state index in [0.29, 0.717) is 36.9 Å². The number of piperidine rings is 1. The molecule has 7 nitrogen and oxygen atoms in total. The zero-order valence-corrected chi connectivity index (χ0v) is 14.6. The monoisotopic (exact) mass is 348 g/mol. The van der Waals surface area contributed by atoms with Gasteiger partial charge in [-0.25, -0.2) is 0 Å². The summed E-state index contributed by atoms with van der Waals surface area (Å²) in [6.07, 6.45) is 1.45. The highest BCUT2D eigenvalue weighted by Gasteiger charge is 2.30. The molecule has 2 heterocycles. The van der Waals surface area contributed by atoms with Crippen LogP contribution in [0.5, 0.6) is 11.5 Å². The predicted molar refractivity (Wildman–Crippen MR) is 91.6 cm³/mol. The molecule has 1 unspecified atom stereocenters. The lowest BCUT2D eigenvalue weighted by molar-refractivity contribution is -0.149. The molecule has 1 aromatic rings. The van der Waals surface area contributed by atoms with Gasteiger partial charge in [-0.2, -0.15) is 0 Å². The summed E-state index contributed by atoms with van der Waals surface area (Å²) < 4.78 is 15.7. The molecule has 1 saturated heterocycles. The summed E-state index contributed by atoms with van der Waals surface area (Å²) in [6.45, 7) is 5.73. The minimum absolute atomic E-state index is 0.0553. The summed E-state index contributed by atoms with van der Waals surface area (Å²) in [5.74, 6) is 1.07. The van der Waals surface area contributed by atoms with E-state index < -0.39 is 0 Å². The van der Waals surface area contributed by atoms with Crippen LogP contribution in [0, 0.1) is 5.92 Å². The zero-order valence-electron chi connectivity index (χ0n) is 14.6. The number of rotatable bonds is 5. The van der Waals surface area contributed by atoms with Crippen molar-refractivity contribution < 1.29 is 23.8 Å². The van der Waals surface area contributed by atoms with Crippen LogP contribution in [0.2, 0.25) is 0 Å². The van der Waals surface area contributed by atoms with Crippen LogP contribution in [0.1, 0.15) is 26.7 Å². The van der Waals surface area contributed by atoms with Gasteiger partial charge in [0.2, 0.25) is 12.7 Å². The molecule has 2 aliphatic rings. The molecular formula is C18H24N2O5. The number of ether oxygens (including phenoxy) is 3. The maximum absolute atomic E-state index is 12.5. The third-order valence-electron chi connectivity index (χ3n) is 4.72. The fraction of sp³-hybridized carbons (Fsp3) is 0.556. The van der Waals surface area contributed by atoms with Gasteiger partial charge in [0.1, 0.15) is 0 Å². The second-order valence-electron chi connectivity index (χ2n) is 6.30. The van der Waals surface area contributed by atoms with Crippen molar-refractivity contribution in [2.45, 2.75) is 32.7 Å². The first-order valence-electron chi connectivity index (χ1n) is 8.69. The van der Waals surface area contributed by atoms with Crippen molar-refractivity contribution >= 4 is 17.6 Å². The molecule has 2 aliphatic heterocycles. The van der Waals surface area contributed by atoms with Crippen molar-refractivity contribution in [3.63, 3.8) is 0 Å². The van der Waals surface area contributed by atoms with Crippen molar-refractivity contribution in [3.05, 3.63) is 18.2 Å². The fourth-order valence-electron chi connectivity index (χ4n) is 3.17. The third-order valence-corrected chi connectivity index (χ3v) is 4.72. The van der Waals surface area contributed by atoms with Gasteiger partial charge in [0.15, 0.2) is 11.5 Å². The number of carbonyl (C=O) groups excluding carboxylic acids is 2. The zero-order chi connectivity index (χ0) is 17.8. The first-order valence-corrected chi connectivity index (χ1v) is 8.69. The number of esters is 1. The molecule has 1 aromatic carbocycles. The minimum Gasteiger partial charge on any atom is -0.466 e. The van der Waals surface area contributed by atoms with Crippen LogP contribution in [0.15, 0.2) is 18.2 Å². The van der Waals surface area contributed by atoms with E-state index in [0.717, 1.165) is 12.8 Å². The molecule has 25 heavy (non-hydrogen) atoms. The summed E-state index contributed by atoms with van der Waals surface area (Å²) >= 11 is 0. The Morgan fingerprint density at radius 3 is 2.72 bits per heavy atom. The average Bonchev–Trinajstić information content (AvgIpc) is 3.09. The van der Waals surface area contributed by atoms with Crippen molar-refractivity contribution in [2.24, 2.45) is 5.92 Å². The lowest BCUT2D eigenvalue weighted by Gasteiger charge is -2.34. The largest absolute Gasteiger partial charge is 0.466 e. The van der Waals surface area contributed by atoms with Gasteiger partial charge in [-0.05, 0) is 51.9 Å². The molecule has 1 fully saturated rings. The van der Waals surface area contributed by atoms with Crippen LogP contribution < -0.4 is 14.8 Å². The SMILES string of the molecule is CCOC(=O)C1CCN(C(C)C(=O)Nc2ccc3c(c2)OCO3)CC1. The Morgan fingerprint density at radius 2 is 2.00 bits per heavy atom. The molecule has 0 bridgehead atoms. The van der Waals surface area contributed by atoms with Crippen molar-refractivity contribution in [2.75, 3.05) is 31.8 Å². The van der Waals surface area contributed by atoms with Crippen LogP contribution in [-0.4, -0.2) is 49.3 Å². The van der Waals surface area contributed by atoms with Crippen molar-refractivity contribution in [1.82, 2.24) is 4.90 Å². The number of likely N-dealkylation sites (tertiary alicyclic amines) is 1. The molecule has 7 heteroatoms. The maximum Gasteiger partial charge on any atom is 0.309 e. The molecule has 0 aromatic heterocycles. The molecule has 0 radical (unpaired) electrons. The summed E-state index contributed by atoms with van der Waals surface area (Å²) in [4.78, 5) is 26.4. The molecule has 0 spiro atoms. The molecule has 1 amide bonds. The van der Waals surface area contributed by atoms with E-state index in [-0.39, 0.29) is 30.6 Å². The van der Waals surface area contributed by atoms with E-state index in [9.17, 15) is 9.59 Å². The van der Waals surface area contributed by atoms with E-state index in [1.54, 1.807) is 18.2 Å². The standard InChI is InChI=1S/C18H24N2O5/c1-3-23-18(22)13-6-8-20(9-7-13)12(2)17(21)19-14-4-5-15-16(10-14)25-11-24-15/h4-5,10,12-13H,3,6-9,11H2,1-2H3,(H,19,21). The predicted octanol–water partition coefficient (Wildman–Crippen LogP) is 2.02. The van der Waals surface area contributed by atoms with Gasteiger partial charge >= 0.3 is 5.97 Å². The van der Waals surface area contributed by atoms with Crippen LogP contribution >= 0.6 is 0 Å². The van der Waals surface area contributed by atoms with Crippen LogP contribution in [0.25, 0.3) is 0 Å². The number of nitrogens with zero attached hydrogens (tertiary/aromatic N) is 1. The van der Waals surface area contributed by atoms with E-state index in [1.165, 1.54) is 0 Å².